The third-order valence-electron chi connectivity index (χ3n) is 2.04. The minimum atomic E-state index is -1.09. The lowest BCUT2D eigenvalue weighted by Crippen LogP contribution is -2.13. The molecule has 0 saturated heterocycles. The lowest BCUT2D eigenvalue weighted by Gasteiger charge is -2.06. The molecule has 0 aromatic heterocycles. The second-order valence-corrected chi connectivity index (χ2v) is 3.91. The molecule has 5 nitrogen and oxygen atoms in total. The van der Waals surface area contributed by atoms with Crippen molar-refractivity contribution < 1.29 is 14.7 Å². The molecule has 1 aromatic carbocycles. The Morgan fingerprint density at radius 3 is 2.65 bits per heavy atom. The standard InChI is InChI=1S/C11H13ClN2O3/c12-8-4-7(11(16)17)5-9(6-8)14-10(15)2-1-3-13/h4-6H,1-3,13H2,(H,14,15)(H,16,17). The molecule has 0 fully saturated rings. The molecule has 0 saturated carbocycles. The van der Waals surface area contributed by atoms with Crippen molar-refractivity contribution in [3.63, 3.8) is 0 Å². The van der Waals surface area contributed by atoms with Crippen LogP contribution >= 0.6 is 11.6 Å². The summed E-state index contributed by atoms with van der Waals surface area (Å²) in [4.78, 5) is 22.2. The van der Waals surface area contributed by atoms with E-state index in [1.54, 1.807) is 0 Å². The van der Waals surface area contributed by atoms with Gasteiger partial charge in [-0.25, -0.2) is 4.79 Å². The first-order valence-corrected chi connectivity index (χ1v) is 5.44. The van der Waals surface area contributed by atoms with Crippen molar-refractivity contribution in [2.75, 3.05) is 11.9 Å². The number of nitrogens with two attached hydrogens (primary N) is 1. The highest BCUT2D eigenvalue weighted by Crippen LogP contribution is 2.19. The summed E-state index contributed by atoms with van der Waals surface area (Å²) in [6.07, 6.45) is 0.879. The van der Waals surface area contributed by atoms with Gasteiger partial charge in [0, 0.05) is 17.1 Å². The minimum absolute atomic E-state index is 0.0339. The molecule has 0 aliphatic carbocycles. The number of hydrogen-bond acceptors (Lipinski definition) is 3. The molecule has 1 amide bonds. The van der Waals surface area contributed by atoms with Gasteiger partial charge in [0.1, 0.15) is 0 Å². The number of rotatable bonds is 5. The molecule has 0 radical (unpaired) electrons. The molecular weight excluding hydrogens is 244 g/mol. The van der Waals surface area contributed by atoms with Gasteiger partial charge >= 0.3 is 5.97 Å². The number of carbonyl (C=O) groups excluding carboxylic acids is 1. The van der Waals surface area contributed by atoms with Crippen LogP contribution in [0.25, 0.3) is 0 Å². The van der Waals surface area contributed by atoms with Crippen LogP contribution in [0.3, 0.4) is 0 Å². The van der Waals surface area contributed by atoms with E-state index in [0.29, 0.717) is 25.1 Å². The van der Waals surface area contributed by atoms with Gasteiger partial charge in [-0.1, -0.05) is 11.6 Å². The molecule has 92 valence electrons. The van der Waals surface area contributed by atoms with Crippen molar-refractivity contribution in [1.29, 1.82) is 0 Å². The van der Waals surface area contributed by atoms with E-state index in [4.69, 9.17) is 22.4 Å². The highest BCUT2D eigenvalue weighted by atomic mass is 35.5. The summed E-state index contributed by atoms with van der Waals surface area (Å²) in [6, 6.07) is 4.17. The summed E-state index contributed by atoms with van der Waals surface area (Å²) in [7, 11) is 0. The number of nitrogens with one attached hydrogen (secondary N) is 1. The van der Waals surface area contributed by atoms with Gasteiger partial charge in [0.15, 0.2) is 0 Å². The first-order chi connectivity index (χ1) is 8.02. The Morgan fingerprint density at radius 2 is 2.06 bits per heavy atom. The first-order valence-electron chi connectivity index (χ1n) is 5.06. The zero-order valence-electron chi connectivity index (χ0n) is 9.07. The molecular formula is C11H13ClN2O3. The number of carbonyl (C=O) groups is 2. The number of benzene rings is 1. The van der Waals surface area contributed by atoms with Gasteiger partial charge in [-0.3, -0.25) is 4.79 Å². The van der Waals surface area contributed by atoms with Gasteiger partial charge in [-0.05, 0) is 31.2 Å². The normalized spacial score (nSPS) is 10.0. The molecule has 4 N–H and O–H groups in total. The Bertz CT molecular complexity index is 435. The van der Waals surface area contributed by atoms with Gasteiger partial charge in [-0.2, -0.15) is 0 Å². The van der Waals surface area contributed by atoms with Crippen LogP contribution in [0.4, 0.5) is 5.69 Å². The van der Waals surface area contributed by atoms with E-state index >= 15 is 0 Å². The van der Waals surface area contributed by atoms with Crippen LogP contribution in [0.15, 0.2) is 18.2 Å². The van der Waals surface area contributed by atoms with Crippen LogP contribution in [0, 0.1) is 0 Å². The van der Waals surface area contributed by atoms with Crippen molar-refractivity contribution in [3.05, 3.63) is 28.8 Å². The topological polar surface area (TPSA) is 92.4 Å². The summed E-state index contributed by atoms with van der Waals surface area (Å²) in [5.74, 6) is -1.31. The van der Waals surface area contributed by atoms with Crippen LogP contribution in [0.2, 0.25) is 5.02 Å². The van der Waals surface area contributed by atoms with Gasteiger partial charge in [0.2, 0.25) is 5.91 Å². The molecule has 0 heterocycles. The number of amides is 1. The van der Waals surface area contributed by atoms with Gasteiger partial charge in [0.05, 0.1) is 5.56 Å². The Morgan fingerprint density at radius 1 is 1.35 bits per heavy atom. The molecule has 0 atom stereocenters. The Kier molecular flexibility index (Phi) is 4.93. The Hall–Kier alpha value is -1.59. The average molecular weight is 257 g/mol. The molecule has 1 aromatic rings. The highest BCUT2D eigenvalue weighted by Gasteiger charge is 2.08. The zero-order chi connectivity index (χ0) is 12.8. The predicted molar refractivity (Wildman–Crippen MR) is 65.3 cm³/mol. The maximum atomic E-state index is 11.4. The summed E-state index contributed by atoms with van der Waals surface area (Å²) in [5.41, 5.74) is 5.69. The molecule has 0 bridgehead atoms. The van der Waals surface area contributed by atoms with Crippen LogP contribution in [-0.4, -0.2) is 23.5 Å². The largest absolute Gasteiger partial charge is 0.478 e. The number of carboxylic acid groups (broad SMARTS) is 1. The maximum Gasteiger partial charge on any atom is 0.335 e. The van der Waals surface area contributed by atoms with E-state index < -0.39 is 5.97 Å². The van der Waals surface area contributed by atoms with Crippen molar-refractivity contribution in [2.45, 2.75) is 12.8 Å². The molecule has 6 heteroatoms. The van der Waals surface area contributed by atoms with Crippen molar-refractivity contribution in [1.82, 2.24) is 0 Å². The van der Waals surface area contributed by atoms with E-state index in [9.17, 15) is 9.59 Å². The first kappa shape index (κ1) is 13.5. The van der Waals surface area contributed by atoms with E-state index in [-0.39, 0.29) is 16.5 Å². The number of halogens is 1. The second-order valence-electron chi connectivity index (χ2n) is 3.47. The quantitative estimate of drug-likeness (QED) is 0.748. The van der Waals surface area contributed by atoms with Crippen LogP contribution in [0.1, 0.15) is 23.2 Å². The van der Waals surface area contributed by atoms with Crippen molar-refractivity contribution in [3.8, 4) is 0 Å². The number of aromatic carboxylic acids is 1. The smallest absolute Gasteiger partial charge is 0.335 e. The van der Waals surface area contributed by atoms with E-state index in [1.807, 2.05) is 0 Å². The van der Waals surface area contributed by atoms with Crippen LogP contribution < -0.4 is 11.1 Å². The average Bonchev–Trinajstić information content (AvgIpc) is 2.25. The fraction of sp³-hybridized carbons (Fsp3) is 0.273. The van der Waals surface area contributed by atoms with Gasteiger partial charge < -0.3 is 16.2 Å². The molecule has 17 heavy (non-hydrogen) atoms. The summed E-state index contributed by atoms with van der Waals surface area (Å²) >= 11 is 5.75. The Labute approximate surface area is 104 Å². The molecule has 1 rings (SSSR count). The fourth-order valence-electron chi connectivity index (χ4n) is 1.27. The summed E-state index contributed by atoms with van der Waals surface area (Å²) < 4.78 is 0. The zero-order valence-corrected chi connectivity index (χ0v) is 9.83. The number of hydrogen-bond donors (Lipinski definition) is 3. The fourth-order valence-corrected chi connectivity index (χ4v) is 1.51. The summed E-state index contributed by atoms with van der Waals surface area (Å²) in [5, 5.41) is 11.7. The minimum Gasteiger partial charge on any atom is -0.478 e. The van der Waals surface area contributed by atoms with Crippen molar-refractivity contribution in [2.24, 2.45) is 5.73 Å². The van der Waals surface area contributed by atoms with Crippen LogP contribution in [0.5, 0.6) is 0 Å². The summed E-state index contributed by atoms with van der Waals surface area (Å²) in [6.45, 7) is 0.434. The van der Waals surface area contributed by atoms with E-state index in [1.165, 1.54) is 18.2 Å². The molecule has 0 spiro atoms. The third-order valence-corrected chi connectivity index (χ3v) is 2.25. The van der Waals surface area contributed by atoms with Crippen LogP contribution in [-0.2, 0) is 4.79 Å². The maximum absolute atomic E-state index is 11.4. The van der Waals surface area contributed by atoms with E-state index in [2.05, 4.69) is 5.32 Å². The van der Waals surface area contributed by atoms with Crippen molar-refractivity contribution >= 4 is 29.2 Å². The monoisotopic (exact) mass is 256 g/mol. The molecule has 0 unspecified atom stereocenters. The Balaban J connectivity index is 2.77. The second kappa shape index (κ2) is 6.22. The van der Waals surface area contributed by atoms with Gasteiger partial charge in [-0.15, -0.1) is 0 Å². The lowest BCUT2D eigenvalue weighted by atomic mass is 10.2. The highest BCUT2D eigenvalue weighted by molar-refractivity contribution is 6.31. The lowest BCUT2D eigenvalue weighted by molar-refractivity contribution is -0.116. The SMILES string of the molecule is NCCCC(=O)Nc1cc(Cl)cc(C(=O)O)c1. The third kappa shape index (κ3) is 4.42. The van der Waals surface area contributed by atoms with E-state index in [0.717, 1.165) is 0 Å². The number of carboxylic acids is 1. The van der Waals surface area contributed by atoms with Gasteiger partial charge in [0.25, 0.3) is 0 Å². The molecule has 0 aliphatic heterocycles. The molecule has 0 aliphatic rings. The predicted octanol–water partition coefficient (Wildman–Crippen LogP) is 1.72. The number of anilines is 1.